The molecule has 0 amide bonds. The number of aromatic nitrogens is 3. The Hall–Kier alpha value is -6.13. The number of pyridine rings is 1. The summed E-state index contributed by atoms with van der Waals surface area (Å²) < 4.78 is 11.6. The predicted molar refractivity (Wildman–Crippen MR) is 204 cm³/mol. The molecule has 4 nitrogen and oxygen atoms in total. The summed E-state index contributed by atoms with van der Waals surface area (Å²) in [6.45, 7) is 6.73. The van der Waals surface area contributed by atoms with Crippen molar-refractivity contribution >= 4 is 54.8 Å². The van der Waals surface area contributed by atoms with Crippen LogP contribution in [0, 0.1) is 0 Å². The number of para-hydroxylation sites is 3. The van der Waals surface area contributed by atoms with Crippen molar-refractivity contribution in [1.82, 2.24) is 14.1 Å². The predicted octanol–water partition coefficient (Wildman–Crippen LogP) is 12.1. The van der Waals surface area contributed by atoms with E-state index in [4.69, 9.17) is 9.40 Å². The van der Waals surface area contributed by atoms with Gasteiger partial charge in [-0.2, -0.15) is 0 Å². The number of rotatable bonds is 3. The van der Waals surface area contributed by atoms with Gasteiger partial charge >= 0.3 is 0 Å². The Kier molecular flexibility index (Phi) is 6.66. The summed E-state index contributed by atoms with van der Waals surface area (Å²) in [6.07, 6.45) is 1.93. The van der Waals surface area contributed by atoms with Crippen LogP contribution in [0.15, 0.2) is 162 Å². The van der Waals surface area contributed by atoms with Gasteiger partial charge in [0, 0.05) is 33.4 Å². The van der Waals surface area contributed by atoms with Crippen molar-refractivity contribution < 1.29 is 4.42 Å². The normalized spacial score (nSPS) is 12.0. The standard InChI is InChI=1S/C45H35N3O/c1-45(2,3)32-24-25-46-44(27-32)48-39-22-11-8-19-35(39)37-28-43-41(29-40(37)48)47(33-17-13-16-31(26-33)30-14-5-4-6-15-30)38-21-10-7-18-34(38)36-20-9-12-23-42(36)49-43/h4-29H,1-3H3. The summed E-state index contributed by atoms with van der Waals surface area (Å²) in [5.41, 5.74) is 10.4. The second kappa shape index (κ2) is 11.2. The smallest absolute Gasteiger partial charge is 0.152 e. The molecule has 9 rings (SSSR count). The van der Waals surface area contributed by atoms with E-state index in [-0.39, 0.29) is 5.41 Å². The molecule has 4 heteroatoms. The van der Waals surface area contributed by atoms with Crippen molar-refractivity contribution in [2.75, 3.05) is 0 Å². The minimum absolute atomic E-state index is 0.0166. The maximum Gasteiger partial charge on any atom is 0.152 e. The molecule has 0 fully saturated rings. The molecule has 236 valence electrons. The number of benzene rings is 6. The van der Waals surface area contributed by atoms with Crippen LogP contribution >= 0.6 is 0 Å². The van der Waals surface area contributed by atoms with Crippen molar-refractivity contribution in [3.05, 3.63) is 163 Å². The van der Waals surface area contributed by atoms with Crippen LogP contribution in [0.1, 0.15) is 26.3 Å². The highest BCUT2D eigenvalue weighted by atomic mass is 16.3. The van der Waals surface area contributed by atoms with Crippen molar-refractivity contribution in [1.29, 1.82) is 0 Å². The van der Waals surface area contributed by atoms with Gasteiger partial charge < -0.3 is 8.98 Å². The fraction of sp³-hybridized carbons (Fsp3) is 0.0889. The lowest BCUT2D eigenvalue weighted by Crippen LogP contribution is -2.12. The summed E-state index contributed by atoms with van der Waals surface area (Å²) in [5, 5.41) is 4.43. The molecule has 0 radical (unpaired) electrons. The molecular formula is C45H35N3O. The molecule has 9 aromatic rings. The third kappa shape index (κ3) is 4.87. The molecule has 0 N–H and O–H groups in total. The van der Waals surface area contributed by atoms with Gasteiger partial charge in [0.15, 0.2) is 5.58 Å². The van der Waals surface area contributed by atoms with Crippen molar-refractivity contribution in [2.24, 2.45) is 0 Å². The molecular weight excluding hydrogens is 599 g/mol. The van der Waals surface area contributed by atoms with Gasteiger partial charge in [-0.25, -0.2) is 4.98 Å². The Morgan fingerprint density at radius 1 is 0.469 bits per heavy atom. The minimum Gasteiger partial charge on any atom is -0.454 e. The molecule has 0 saturated carbocycles. The first-order valence-electron chi connectivity index (χ1n) is 16.8. The van der Waals surface area contributed by atoms with Gasteiger partial charge in [-0.3, -0.25) is 4.57 Å². The number of fused-ring (bicyclic) bond motifs is 7. The van der Waals surface area contributed by atoms with Gasteiger partial charge in [-0.05, 0) is 76.7 Å². The third-order valence-electron chi connectivity index (χ3n) is 9.59. The van der Waals surface area contributed by atoms with Gasteiger partial charge in [0.1, 0.15) is 11.4 Å². The van der Waals surface area contributed by atoms with E-state index >= 15 is 0 Å². The first-order valence-corrected chi connectivity index (χ1v) is 16.8. The summed E-state index contributed by atoms with van der Waals surface area (Å²) >= 11 is 0. The zero-order chi connectivity index (χ0) is 33.1. The zero-order valence-electron chi connectivity index (χ0n) is 27.8. The van der Waals surface area contributed by atoms with E-state index in [0.717, 1.165) is 71.8 Å². The first kappa shape index (κ1) is 29.0. The first-order chi connectivity index (χ1) is 23.9. The van der Waals surface area contributed by atoms with Crippen LogP contribution in [0.4, 0.5) is 0 Å². The molecule has 6 aromatic carbocycles. The average Bonchev–Trinajstić information content (AvgIpc) is 3.45. The number of hydrogen-bond acceptors (Lipinski definition) is 2. The molecule has 0 atom stereocenters. The van der Waals surface area contributed by atoms with Crippen molar-refractivity contribution in [3.63, 3.8) is 0 Å². The van der Waals surface area contributed by atoms with Gasteiger partial charge in [0.25, 0.3) is 0 Å². The quantitative estimate of drug-likeness (QED) is 0.194. The SMILES string of the molecule is CC(C)(C)c1ccnc(-n2c3ccccc3c3cc4oc5ccccc5c5ccccc5n(-c5cccc(-c6ccccc6)c5)c4cc32)c1. The minimum atomic E-state index is -0.0166. The van der Waals surface area contributed by atoms with Crippen molar-refractivity contribution in [3.8, 4) is 22.6 Å². The van der Waals surface area contributed by atoms with Crippen LogP contribution in [0.2, 0.25) is 0 Å². The van der Waals surface area contributed by atoms with E-state index in [9.17, 15) is 0 Å². The molecule has 0 bridgehead atoms. The highest BCUT2D eigenvalue weighted by molar-refractivity contribution is 6.13. The van der Waals surface area contributed by atoms with Crippen molar-refractivity contribution in [2.45, 2.75) is 26.2 Å². The van der Waals surface area contributed by atoms with Gasteiger partial charge in [0.05, 0.1) is 22.1 Å². The molecule has 0 unspecified atom stereocenters. The fourth-order valence-corrected chi connectivity index (χ4v) is 7.15. The number of nitrogens with zero attached hydrogens (tertiary/aromatic N) is 3. The third-order valence-corrected chi connectivity index (χ3v) is 9.59. The lowest BCUT2D eigenvalue weighted by atomic mass is 9.88. The second-order valence-electron chi connectivity index (χ2n) is 13.7. The zero-order valence-corrected chi connectivity index (χ0v) is 27.8. The maximum absolute atomic E-state index is 6.98. The monoisotopic (exact) mass is 633 g/mol. The molecule has 3 heterocycles. The Labute approximate surface area is 284 Å². The van der Waals surface area contributed by atoms with Crippen LogP contribution in [0.5, 0.6) is 0 Å². The highest BCUT2D eigenvalue weighted by Crippen LogP contribution is 2.38. The Balaban J connectivity index is 1.48. The molecule has 0 saturated heterocycles. The van der Waals surface area contributed by atoms with Gasteiger partial charge in [-0.15, -0.1) is 0 Å². The summed E-state index contributed by atoms with van der Waals surface area (Å²) in [4.78, 5) is 4.95. The fourth-order valence-electron chi connectivity index (χ4n) is 7.15. The van der Waals surface area contributed by atoms with Crippen LogP contribution in [-0.4, -0.2) is 14.1 Å². The van der Waals surface area contributed by atoms with E-state index in [1.54, 1.807) is 0 Å². The summed E-state index contributed by atoms with van der Waals surface area (Å²) in [6, 6.07) is 53.8. The van der Waals surface area contributed by atoms with E-state index in [1.165, 1.54) is 11.1 Å². The van der Waals surface area contributed by atoms with E-state index < -0.39 is 0 Å². The van der Waals surface area contributed by atoms with E-state index in [0.29, 0.717) is 0 Å². The van der Waals surface area contributed by atoms with Crippen LogP contribution in [-0.2, 0) is 5.41 Å². The highest BCUT2D eigenvalue weighted by Gasteiger charge is 2.20. The Morgan fingerprint density at radius 2 is 1.12 bits per heavy atom. The lowest BCUT2D eigenvalue weighted by molar-refractivity contribution is 0.588. The molecule has 0 aliphatic heterocycles. The Bertz CT molecular complexity index is 2760. The molecule has 49 heavy (non-hydrogen) atoms. The maximum atomic E-state index is 6.98. The van der Waals surface area contributed by atoms with Gasteiger partial charge in [-0.1, -0.05) is 118 Å². The lowest BCUT2D eigenvalue weighted by Gasteiger charge is -2.20. The molecule has 3 aromatic heterocycles. The largest absolute Gasteiger partial charge is 0.454 e. The summed E-state index contributed by atoms with van der Waals surface area (Å²) in [5.74, 6) is 0.897. The van der Waals surface area contributed by atoms with E-state index in [2.05, 4.69) is 175 Å². The molecule has 0 aliphatic carbocycles. The van der Waals surface area contributed by atoms with Crippen LogP contribution < -0.4 is 0 Å². The molecule has 0 aliphatic rings. The number of hydrogen-bond donors (Lipinski definition) is 0. The van der Waals surface area contributed by atoms with Crippen LogP contribution in [0.3, 0.4) is 0 Å². The van der Waals surface area contributed by atoms with E-state index in [1.807, 2.05) is 12.3 Å². The van der Waals surface area contributed by atoms with Crippen LogP contribution in [0.25, 0.3) is 77.4 Å². The molecule has 0 spiro atoms. The topological polar surface area (TPSA) is 35.9 Å². The van der Waals surface area contributed by atoms with Gasteiger partial charge in [0.2, 0.25) is 0 Å². The average molecular weight is 634 g/mol. The summed E-state index contributed by atoms with van der Waals surface area (Å²) in [7, 11) is 0. The Morgan fingerprint density at radius 3 is 1.90 bits per heavy atom. The second-order valence-corrected chi connectivity index (χ2v) is 13.7.